The predicted octanol–water partition coefficient (Wildman–Crippen LogP) is 2.93. The summed E-state index contributed by atoms with van der Waals surface area (Å²) in [6, 6.07) is 14.1. The van der Waals surface area contributed by atoms with Crippen LogP contribution in [-0.4, -0.2) is 43.9 Å². The molecule has 1 amide bonds. The normalized spacial score (nSPS) is 15.6. The summed E-state index contributed by atoms with van der Waals surface area (Å²) in [4.78, 5) is 26.0. The molecule has 6 nitrogen and oxygen atoms in total. The van der Waals surface area contributed by atoms with Crippen LogP contribution < -0.4 is 9.64 Å². The van der Waals surface area contributed by atoms with E-state index in [0.717, 1.165) is 6.42 Å². The number of amides is 1. The molecule has 1 unspecified atom stereocenters. The van der Waals surface area contributed by atoms with Gasteiger partial charge < -0.3 is 19.5 Å². The molecule has 0 aromatic heterocycles. The van der Waals surface area contributed by atoms with Gasteiger partial charge in [-0.15, -0.1) is 0 Å². The molecular formula is C20H21NO5. The topological polar surface area (TPSA) is 76.1 Å². The molecule has 2 aromatic rings. The van der Waals surface area contributed by atoms with Crippen LogP contribution in [0.2, 0.25) is 0 Å². The van der Waals surface area contributed by atoms with E-state index < -0.39 is 11.9 Å². The number of para-hydroxylation sites is 1. The van der Waals surface area contributed by atoms with Crippen LogP contribution in [0.3, 0.4) is 0 Å². The molecule has 0 radical (unpaired) electrons. The van der Waals surface area contributed by atoms with Gasteiger partial charge in [-0.1, -0.05) is 24.3 Å². The third-order valence-electron chi connectivity index (χ3n) is 4.35. The highest BCUT2D eigenvalue weighted by atomic mass is 16.5. The van der Waals surface area contributed by atoms with Gasteiger partial charge in [-0.3, -0.25) is 9.59 Å². The van der Waals surface area contributed by atoms with Crippen LogP contribution in [0.4, 0.5) is 5.69 Å². The van der Waals surface area contributed by atoms with E-state index in [1.807, 2.05) is 0 Å². The number of hydrogen-bond donors (Lipinski definition) is 1. The summed E-state index contributed by atoms with van der Waals surface area (Å²) < 4.78 is 10.6. The number of carboxylic acids is 1. The smallest absolute Gasteiger partial charge is 0.312 e. The lowest BCUT2D eigenvalue weighted by Crippen LogP contribution is -2.31. The summed E-state index contributed by atoms with van der Waals surface area (Å²) in [5.41, 5.74) is 1.78. The molecule has 0 saturated carbocycles. The van der Waals surface area contributed by atoms with Crippen molar-refractivity contribution in [3.63, 3.8) is 0 Å². The van der Waals surface area contributed by atoms with Gasteiger partial charge in [0.15, 0.2) is 0 Å². The molecule has 2 aromatic carbocycles. The fourth-order valence-electron chi connectivity index (χ4n) is 3.08. The number of anilines is 1. The average molecular weight is 355 g/mol. The van der Waals surface area contributed by atoms with Gasteiger partial charge in [0, 0.05) is 37.9 Å². The van der Waals surface area contributed by atoms with Crippen molar-refractivity contribution in [1.82, 2.24) is 0 Å². The average Bonchev–Trinajstić information content (AvgIpc) is 3.05. The zero-order valence-electron chi connectivity index (χ0n) is 14.6. The number of carboxylic acid groups (broad SMARTS) is 1. The van der Waals surface area contributed by atoms with Crippen LogP contribution in [-0.2, 0) is 9.53 Å². The van der Waals surface area contributed by atoms with E-state index in [0.29, 0.717) is 35.8 Å². The molecule has 1 atom stereocenters. The quantitative estimate of drug-likeness (QED) is 0.773. The SMILES string of the molecule is COCCCOc1cccc(C(=O)N2CC(C(=O)O)c3ccccc32)c1. The van der Waals surface area contributed by atoms with E-state index in [1.165, 1.54) is 4.90 Å². The van der Waals surface area contributed by atoms with Crippen molar-refractivity contribution in [3.8, 4) is 5.75 Å². The number of aliphatic carboxylic acids is 1. The number of methoxy groups -OCH3 is 1. The second-order valence-corrected chi connectivity index (χ2v) is 6.09. The van der Waals surface area contributed by atoms with Crippen molar-refractivity contribution in [2.45, 2.75) is 12.3 Å². The number of carbonyl (C=O) groups is 2. The zero-order valence-corrected chi connectivity index (χ0v) is 14.6. The summed E-state index contributed by atoms with van der Waals surface area (Å²) in [6.07, 6.45) is 0.758. The number of carbonyl (C=O) groups excluding carboxylic acids is 1. The molecule has 0 spiro atoms. The summed E-state index contributed by atoms with van der Waals surface area (Å²) in [7, 11) is 1.64. The zero-order chi connectivity index (χ0) is 18.5. The van der Waals surface area contributed by atoms with Crippen LogP contribution in [0.5, 0.6) is 5.75 Å². The van der Waals surface area contributed by atoms with E-state index in [1.54, 1.807) is 55.6 Å². The first-order valence-electron chi connectivity index (χ1n) is 8.47. The summed E-state index contributed by atoms with van der Waals surface area (Å²) in [6.45, 7) is 1.24. The molecular weight excluding hydrogens is 334 g/mol. The minimum absolute atomic E-state index is 0.131. The van der Waals surface area contributed by atoms with E-state index in [2.05, 4.69) is 0 Å². The lowest BCUT2D eigenvalue weighted by molar-refractivity contribution is -0.138. The van der Waals surface area contributed by atoms with Crippen LogP contribution >= 0.6 is 0 Å². The van der Waals surface area contributed by atoms with Gasteiger partial charge >= 0.3 is 5.97 Å². The Labute approximate surface area is 152 Å². The Kier molecular flexibility index (Phi) is 5.53. The van der Waals surface area contributed by atoms with Crippen LogP contribution in [0, 0.1) is 0 Å². The maximum absolute atomic E-state index is 13.0. The molecule has 1 aliphatic heterocycles. The molecule has 0 fully saturated rings. The van der Waals surface area contributed by atoms with Crippen molar-refractivity contribution < 1.29 is 24.2 Å². The minimum Gasteiger partial charge on any atom is -0.493 e. The van der Waals surface area contributed by atoms with Gasteiger partial charge in [0.25, 0.3) is 5.91 Å². The first kappa shape index (κ1) is 17.9. The summed E-state index contributed by atoms with van der Waals surface area (Å²) >= 11 is 0. The standard InChI is InChI=1S/C20H21NO5/c1-25-10-5-11-26-15-7-4-6-14(12-15)19(22)21-13-17(20(23)24)16-8-2-3-9-18(16)21/h2-4,6-9,12,17H,5,10-11,13H2,1H3,(H,23,24). The Morgan fingerprint density at radius 3 is 2.73 bits per heavy atom. The van der Waals surface area contributed by atoms with Gasteiger partial charge in [-0.2, -0.15) is 0 Å². The highest BCUT2D eigenvalue weighted by molar-refractivity contribution is 6.08. The maximum Gasteiger partial charge on any atom is 0.312 e. The Hall–Kier alpha value is -2.86. The van der Waals surface area contributed by atoms with Crippen molar-refractivity contribution >= 4 is 17.6 Å². The molecule has 3 rings (SSSR count). The molecule has 0 aliphatic carbocycles. The lowest BCUT2D eigenvalue weighted by atomic mass is 10.0. The molecule has 1 heterocycles. The van der Waals surface area contributed by atoms with E-state index in [-0.39, 0.29) is 12.5 Å². The molecule has 6 heteroatoms. The van der Waals surface area contributed by atoms with Crippen molar-refractivity contribution in [3.05, 3.63) is 59.7 Å². The Balaban J connectivity index is 1.78. The van der Waals surface area contributed by atoms with Crippen molar-refractivity contribution in [1.29, 1.82) is 0 Å². The Morgan fingerprint density at radius 1 is 1.15 bits per heavy atom. The van der Waals surface area contributed by atoms with Gasteiger partial charge in [0.05, 0.1) is 6.61 Å². The lowest BCUT2D eigenvalue weighted by Gasteiger charge is -2.18. The number of rotatable bonds is 7. The van der Waals surface area contributed by atoms with Gasteiger partial charge in [0.2, 0.25) is 0 Å². The van der Waals surface area contributed by atoms with Crippen LogP contribution in [0.15, 0.2) is 48.5 Å². The second-order valence-electron chi connectivity index (χ2n) is 6.09. The number of hydrogen-bond acceptors (Lipinski definition) is 4. The summed E-state index contributed by atoms with van der Waals surface area (Å²) in [5.74, 6) is -1.26. The van der Waals surface area contributed by atoms with Gasteiger partial charge in [-0.25, -0.2) is 0 Å². The molecule has 1 aliphatic rings. The Morgan fingerprint density at radius 2 is 1.96 bits per heavy atom. The molecule has 1 N–H and O–H groups in total. The molecule has 0 saturated heterocycles. The molecule has 0 bridgehead atoms. The maximum atomic E-state index is 13.0. The minimum atomic E-state index is -0.928. The van der Waals surface area contributed by atoms with Crippen molar-refractivity contribution in [2.24, 2.45) is 0 Å². The third kappa shape index (κ3) is 3.70. The fourth-order valence-corrected chi connectivity index (χ4v) is 3.08. The highest BCUT2D eigenvalue weighted by Gasteiger charge is 2.36. The van der Waals surface area contributed by atoms with Crippen LogP contribution in [0.25, 0.3) is 0 Å². The molecule has 26 heavy (non-hydrogen) atoms. The fraction of sp³-hybridized carbons (Fsp3) is 0.300. The van der Waals surface area contributed by atoms with Gasteiger partial charge in [0.1, 0.15) is 11.7 Å². The first-order valence-corrected chi connectivity index (χ1v) is 8.47. The van der Waals surface area contributed by atoms with Crippen molar-refractivity contribution in [2.75, 3.05) is 31.8 Å². The van der Waals surface area contributed by atoms with E-state index in [4.69, 9.17) is 9.47 Å². The number of ether oxygens (including phenoxy) is 2. The summed E-state index contributed by atoms with van der Waals surface area (Å²) in [5, 5.41) is 9.45. The van der Waals surface area contributed by atoms with E-state index in [9.17, 15) is 14.7 Å². The largest absolute Gasteiger partial charge is 0.493 e. The highest BCUT2D eigenvalue weighted by Crippen LogP contribution is 2.37. The third-order valence-corrected chi connectivity index (χ3v) is 4.35. The van der Waals surface area contributed by atoms with Gasteiger partial charge in [-0.05, 0) is 29.8 Å². The monoisotopic (exact) mass is 355 g/mol. The predicted molar refractivity (Wildman–Crippen MR) is 96.9 cm³/mol. The Bertz CT molecular complexity index is 804. The molecule has 136 valence electrons. The second kappa shape index (κ2) is 8.01. The van der Waals surface area contributed by atoms with Crippen LogP contribution in [0.1, 0.15) is 28.3 Å². The number of nitrogens with zero attached hydrogens (tertiary/aromatic N) is 1. The number of fused-ring (bicyclic) bond motifs is 1. The number of benzene rings is 2. The first-order chi connectivity index (χ1) is 12.6. The van der Waals surface area contributed by atoms with E-state index >= 15 is 0 Å².